The van der Waals surface area contributed by atoms with Crippen LogP contribution in [0.5, 0.6) is 0 Å². The maximum absolute atomic E-state index is 12.2. The zero-order valence-electron chi connectivity index (χ0n) is 13.3. The third-order valence-corrected chi connectivity index (χ3v) is 4.53. The Kier molecular flexibility index (Phi) is 8.43. The number of thioether (sulfide) groups is 1. The summed E-state index contributed by atoms with van der Waals surface area (Å²) in [6, 6.07) is 1.66. The molecule has 2 amide bonds. The number of rotatable bonds is 5. The van der Waals surface area contributed by atoms with Gasteiger partial charge in [0.1, 0.15) is 5.76 Å². The molecule has 130 valence electrons. The molecular weight excluding hydrogens is 340 g/mol. The quantitative estimate of drug-likeness (QED) is 0.820. The Morgan fingerprint density at radius 3 is 2.96 bits per heavy atom. The molecule has 1 fully saturated rings. The van der Waals surface area contributed by atoms with Crippen LogP contribution in [0.3, 0.4) is 0 Å². The Morgan fingerprint density at radius 1 is 1.48 bits per heavy atom. The van der Waals surface area contributed by atoms with E-state index < -0.39 is 0 Å². The molecule has 0 bridgehead atoms. The van der Waals surface area contributed by atoms with Gasteiger partial charge in [0.15, 0.2) is 5.82 Å². The predicted octanol–water partition coefficient (Wildman–Crippen LogP) is 1.29. The van der Waals surface area contributed by atoms with Crippen molar-refractivity contribution in [2.24, 2.45) is 0 Å². The second-order valence-corrected chi connectivity index (χ2v) is 6.58. The van der Waals surface area contributed by atoms with E-state index in [0.29, 0.717) is 17.3 Å². The van der Waals surface area contributed by atoms with Gasteiger partial charge < -0.3 is 20.1 Å². The highest BCUT2D eigenvalue weighted by molar-refractivity contribution is 8.01. The van der Waals surface area contributed by atoms with Gasteiger partial charge in [-0.05, 0) is 26.8 Å². The number of nitrogens with one attached hydrogen (secondary N) is 2. The first-order chi connectivity index (χ1) is 10.6. The fourth-order valence-corrected chi connectivity index (χ4v) is 2.90. The molecule has 1 aromatic heterocycles. The standard InChI is InChI=1S/C14H22N4O3S.ClH/c1-10-8-12(17-21-10)16-14(20)11(2)22-9-13(19)18-6-3-4-15-5-7-18;/h8,11,15H,3-7,9H2,1-2H3,(H,16,17,20);1H. The van der Waals surface area contributed by atoms with E-state index in [2.05, 4.69) is 15.8 Å². The lowest BCUT2D eigenvalue weighted by atomic mass is 10.4. The molecule has 2 heterocycles. The van der Waals surface area contributed by atoms with Crippen LogP contribution in [0, 0.1) is 6.92 Å². The summed E-state index contributed by atoms with van der Waals surface area (Å²) in [7, 11) is 0. The zero-order valence-corrected chi connectivity index (χ0v) is 15.0. The highest BCUT2D eigenvalue weighted by atomic mass is 35.5. The summed E-state index contributed by atoms with van der Waals surface area (Å²) in [6.07, 6.45) is 0.970. The number of hydrogen-bond acceptors (Lipinski definition) is 6. The monoisotopic (exact) mass is 362 g/mol. The number of aromatic nitrogens is 1. The van der Waals surface area contributed by atoms with E-state index in [0.717, 1.165) is 32.6 Å². The van der Waals surface area contributed by atoms with Gasteiger partial charge in [-0.25, -0.2) is 0 Å². The topological polar surface area (TPSA) is 87.5 Å². The van der Waals surface area contributed by atoms with Gasteiger partial charge in [-0.1, -0.05) is 5.16 Å². The van der Waals surface area contributed by atoms with Crippen molar-refractivity contribution in [3.05, 3.63) is 11.8 Å². The van der Waals surface area contributed by atoms with Crippen molar-refractivity contribution in [3.8, 4) is 0 Å². The first-order valence-electron chi connectivity index (χ1n) is 7.40. The molecule has 0 saturated carbocycles. The van der Waals surface area contributed by atoms with Crippen molar-refractivity contribution >= 4 is 41.8 Å². The van der Waals surface area contributed by atoms with Gasteiger partial charge in [0, 0.05) is 25.7 Å². The van der Waals surface area contributed by atoms with Gasteiger partial charge in [-0.3, -0.25) is 9.59 Å². The zero-order chi connectivity index (χ0) is 15.9. The second kappa shape index (κ2) is 9.79. The summed E-state index contributed by atoms with van der Waals surface area (Å²) < 4.78 is 4.90. The summed E-state index contributed by atoms with van der Waals surface area (Å²) in [6.45, 7) is 6.84. The van der Waals surface area contributed by atoms with E-state index >= 15 is 0 Å². The third kappa shape index (κ3) is 6.40. The Balaban J connectivity index is 0.00000264. The fourth-order valence-electron chi connectivity index (χ4n) is 2.11. The Bertz CT molecular complexity index is 518. The molecule has 0 aliphatic carbocycles. The van der Waals surface area contributed by atoms with Crippen molar-refractivity contribution in [2.75, 3.05) is 37.2 Å². The SMILES string of the molecule is Cc1cc(NC(=O)C(C)SCC(=O)N2CCCNCC2)no1.Cl. The molecule has 9 heteroatoms. The molecule has 7 nitrogen and oxygen atoms in total. The average molecular weight is 363 g/mol. The lowest BCUT2D eigenvalue weighted by Crippen LogP contribution is -2.36. The fraction of sp³-hybridized carbons (Fsp3) is 0.643. The molecule has 0 aromatic carbocycles. The number of hydrogen-bond donors (Lipinski definition) is 2. The van der Waals surface area contributed by atoms with Crippen LogP contribution in [-0.4, -0.2) is 59.1 Å². The normalized spacial score (nSPS) is 16.2. The minimum Gasteiger partial charge on any atom is -0.360 e. The highest BCUT2D eigenvalue weighted by Gasteiger charge is 2.20. The number of halogens is 1. The van der Waals surface area contributed by atoms with Crippen LogP contribution in [0.1, 0.15) is 19.1 Å². The van der Waals surface area contributed by atoms with Crippen molar-refractivity contribution in [1.29, 1.82) is 0 Å². The maximum atomic E-state index is 12.2. The van der Waals surface area contributed by atoms with E-state index in [4.69, 9.17) is 4.52 Å². The highest BCUT2D eigenvalue weighted by Crippen LogP contribution is 2.15. The summed E-state index contributed by atoms with van der Waals surface area (Å²) >= 11 is 1.34. The van der Waals surface area contributed by atoms with E-state index in [9.17, 15) is 9.59 Å². The first-order valence-corrected chi connectivity index (χ1v) is 8.45. The largest absolute Gasteiger partial charge is 0.360 e. The van der Waals surface area contributed by atoms with Crippen LogP contribution < -0.4 is 10.6 Å². The van der Waals surface area contributed by atoms with Crippen LogP contribution in [0.4, 0.5) is 5.82 Å². The Morgan fingerprint density at radius 2 is 2.26 bits per heavy atom. The average Bonchev–Trinajstić information content (AvgIpc) is 2.76. The van der Waals surface area contributed by atoms with Gasteiger partial charge in [-0.15, -0.1) is 24.2 Å². The molecule has 1 aliphatic heterocycles. The van der Waals surface area contributed by atoms with E-state index in [1.54, 1.807) is 19.9 Å². The minimum absolute atomic E-state index is 0. The molecule has 1 saturated heterocycles. The summed E-state index contributed by atoms with van der Waals surface area (Å²) in [5.41, 5.74) is 0. The molecule has 1 unspecified atom stereocenters. The molecule has 1 atom stereocenters. The minimum atomic E-state index is -0.328. The van der Waals surface area contributed by atoms with E-state index in [1.165, 1.54) is 11.8 Å². The van der Waals surface area contributed by atoms with Crippen LogP contribution in [0.2, 0.25) is 0 Å². The first kappa shape index (κ1) is 19.8. The van der Waals surface area contributed by atoms with E-state index in [-0.39, 0.29) is 29.5 Å². The van der Waals surface area contributed by atoms with Crippen LogP contribution in [-0.2, 0) is 9.59 Å². The number of carbonyl (C=O) groups excluding carboxylic acids is 2. The molecule has 1 aromatic rings. The van der Waals surface area contributed by atoms with Gasteiger partial charge in [0.2, 0.25) is 11.8 Å². The number of carbonyl (C=O) groups is 2. The number of anilines is 1. The molecule has 0 radical (unpaired) electrons. The maximum Gasteiger partial charge on any atom is 0.238 e. The Labute approximate surface area is 146 Å². The molecule has 2 N–H and O–H groups in total. The molecule has 23 heavy (non-hydrogen) atoms. The summed E-state index contributed by atoms with van der Waals surface area (Å²) in [5, 5.41) is 9.33. The van der Waals surface area contributed by atoms with Gasteiger partial charge >= 0.3 is 0 Å². The molecule has 2 rings (SSSR count). The molecule has 0 spiro atoms. The van der Waals surface area contributed by atoms with Gasteiger partial charge in [-0.2, -0.15) is 0 Å². The molecular formula is C14H23ClN4O3S. The van der Waals surface area contributed by atoms with Crippen molar-refractivity contribution in [2.45, 2.75) is 25.5 Å². The van der Waals surface area contributed by atoms with Crippen LogP contribution >= 0.6 is 24.2 Å². The predicted molar refractivity (Wildman–Crippen MR) is 93.1 cm³/mol. The number of aryl methyl sites for hydroxylation is 1. The summed E-state index contributed by atoms with van der Waals surface area (Å²) in [4.78, 5) is 26.0. The van der Waals surface area contributed by atoms with Gasteiger partial charge in [0.25, 0.3) is 0 Å². The summed E-state index contributed by atoms with van der Waals surface area (Å²) in [5.74, 6) is 1.27. The second-order valence-electron chi connectivity index (χ2n) is 5.25. The lowest BCUT2D eigenvalue weighted by molar-refractivity contribution is -0.128. The number of nitrogens with zero attached hydrogens (tertiary/aromatic N) is 2. The van der Waals surface area contributed by atoms with Crippen molar-refractivity contribution in [1.82, 2.24) is 15.4 Å². The van der Waals surface area contributed by atoms with Gasteiger partial charge in [0.05, 0.1) is 11.0 Å². The van der Waals surface area contributed by atoms with Crippen molar-refractivity contribution in [3.63, 3.8) is 0 Å². The number of amides is 2. The lowest BCUT2D eigenvalue weighted by Gasteiger charge is -2.20. The van der Waals surface area contributed by atoms with Crippen LogP contribution in [0.25, 0.3) is 0 Å². The van der Waals surface area contributed by atoms with Crippen molar-refractivity contribution < 1.29 is 14.1 Å². The van der Waals surface area contributed by atoms with Crippen LogP contribution in [0.15, 0.2) is 10.6 Å². The van der Waals surface area contributed by atoms with E-state index in [1.807, 2.05) is 4.90 Å². The smallest absolute Gasteiger partial charge is 0.238 e. The third-order valence-electron chi connectivity index (χ3n) is 3.40. The Hall–Kier alpha value is -1.25. The molecule has 1 aliphatic rings.